The summed E-state index contributed by atoms with van der Waals surface area (Å²) in [6.07, 6.45) is 6.24. The third kappa shape index (κ3) is 4.44. The number of benzene rings is 2. The van der Waals surface area contributed by atoms with E-state index in [1.807, 2.05) is 30.3 Å². The number of hydrogen-bond acceptors (Lipinski definition) is 8. The molecule has 0 atom stereocenters. The van der Waals surface area contributed by atoms with Crippen LogP contribution in [0.3, 0.4) is 0 Å². The molecule has 0 unspecified atom stereocenters. The molecule has 2 aromatic heterocycles. The number of fused-ring (bicyclic) bond motifs is 1. The van der Waals surface area contributed by atoms with Gasteiger partial charge in [0.1, 0.15) is 11.6 Å². The molecule has 37 heavy (non-hydrogen) atoms. The third-order valence-electron chi connectivity index (χ3n) is 6.56. The van der Waals surface area contributed by atoms with Crippen molar-refractivity contribution in [3.8, 4) is 46.1 Å². The molecular weight excluding hydrogens is 474 g/mol. The molecule has 0 aliphatic heterocycles. The van der Waals surface area contributed by atoms with Gasteiger partial charge in [-0.2, -0.15) is 14.9 Å². The highest BCUT2D eigenvalue weighted by molar-refractivity contribution is 5.83. The summed E-state index contributed by atoms with van der Waals surface area (Å²) >= 11 is 0. The molecule has 1 aliphatic rings. The average Bonchev–Trinajstić information content (AvgIpc) is 3.67. The molecule has 10 nitrogen and oxygen atoms in total. The Morgan fingerprint density at radius 2 is 1.65 bits per heavy atom. The van der Waals surface area contributed by atoms with Crippen molar-refractivity contribution in [2.24, 2.45) is 0 Å². The molecule has 0 spiro atoms. The highest BCUT2D eigenvalue weighted by atomic mass is 16.5. The number of hydrogen-bond donors (Lipinski definition) is 2. The minimum Gasteiger partial charge on any atom is -0.493 e. The van der Waals surface area contributed by atoms with Gasteiger partial charge >= 0.3 is 0 Å². The van der Waals surface area contributed by atoms with Crippen LogP contribution in [0.25, 0.3) is 16.9 Å². The zero-order valence-electron chi connectivity index (χ0n) is 21.3. The Morgan fingerprint density at radius 1 is 0.946 bits per heavy atom. The van der Waals surface area contributed by atoms with Gasteiger partial charge in [-0.25, -0.2) is 0 Å². The lowest BCUT2D eigenvalue weighted by Crippen LogP contribution is -2.11. The minimum absolute atomic E-state index is 0.220. The Balaban J connectivity index is 1.58. The lowest BCUT2D eigenvalue weighted by atomic mass is 10.1. The van der Waals surface area contributed by atoms with E-state index in [9.17, 15) is 5.26 Å². The zero-order valence-corrected chi connectivity index (χ0v) is 21.3. The zero-order chi connectivity index (χ0) is 25.9. The number of anilines is 2. The number of methoxy groups -OCH3 is 4. The van der Waals surface area contributed by atoms with Crippen molar-refractivity contribution >= 4 is 17.2 Å². The first kappa shape index (κ1) is 24.2. The molecular formula is C27H29N5O5. The van der Waals surface area contributed by atoms with Crippen molar-refractivity contribution in [1.82, 2.24) is 14.6 Å². The fourth-order valence-electron chi connectivity index (χ4n) is 4.72. The highest BCUT2D eigenvalue weighted by Crippen LogP contribution is 2.43. The van der Waals surface area contributed by atoms with E-state index >= 15 is 0 Å². The van der Waals surface area contributed by atoms with Gasteiger partial charge < -0.3 is 34.0 Å². The largest absolute Gasteiger partial charge is 0.493 e. The van der Waals surface area contributed by atoms with Crippen LogP contribution in [0.5, 0.6) is 28.7 Å². The number of rotatable bonds is 9. The topological polar surface area (TPSA) is 115 Å². The molecule has 192 valence electrons. The lowest BCUT2D eigenvalue weighted by Gasteiger charge is -2.17. The van der Waals surface area contributed by atoms with Crippen LogP contribution < -0.4 is 29.0 Å². The molecule has 2 aromatic carbocycles. The summed E-state index contributed by atoms with van der Waals surface area (Å²) < 4.78 is 30.1. The maximum absolute atomic E-state index is 9.60. The van der Waals surface area contributed by atoms with Crippen molar-refractivity contribution in [3.63, 3.8) is 0 Å². The first-order valence-corrected chi connectivity index (χ1v) is 12.0. The lowest BCUT2D eigenvalue weighted by molar-refractivity contribution is 0.201. The van der Waals surface area contributed by atoms with Crippen molar-refractivity contribution < 1.29 is 23.7 Å². The van der Waals surface area contributed by atoms with Crippen molar-refractivity contribution in [2.75, 3.05) is 33.8 Å². The van der Waals surface area contributed by atoms with Crippen molar-refractivity contribution in [2.45, 2.75) is 31.8 Å². The summed E-state index contributed by atoms with van der Waals surface area (Å²) in [4.78, 5) is 3.34. The van der Waals surface area contributed by atoms with E-state index in [1.165, 1.54) is 19.0 Å². The third-order valence-corrected chi connectivity index (χ3v) is 6.56. The second-order valence-electron chi connectivity index (χ2n) is 8.71. The number of nitriles is 1. The van der Waals surface area contributed by atoms with Crippen molar-refractivity contribution in [1.29, 1.82) is 5.26 Å². The van der Waals surface area contributed by atoms with Gasteiger partial charge in [0.25, 0.3) is 0 Å². The number of aromatic amines is 1. The van der Waals surface area contributed by atoms with Crippen LogP contribution in [-0.4, -0.2) is 49.1 Å². The van der Waals surface area contributed by atoms with Crippen LogP contribution in [0.1, 0.15) is 31.2 Å². The summed E-state index contributed by atoms with van der Waals surface area (Å²) in [7, 11) is 6.32. The standard InChI is InChI=1S/C27H29N5O5/c1-33-21-13-18(9-10-20(21)37-19-7-5-6-8-19)30-27-24(31-26-17(14-28)15-29-32(26)27)16-11-22(34-2)25(36-4)23(12-16)35-3/h9-13,15,19,30-31H,5-8H2,1-4H3. The summed E-state index contributed by atoms with van der Waals surface area (Å²) in [6.45, 7) is 0. The van der Waals surface area contributed by atoms with Crippen LogP contribution in [-0.2, 0) is 0 Å². The highest BCUT2D eigenvalue weighted by Gasteiger charge is 2.23. The molecule has 5 rings (SSSR count). The molecule has 2 heterocycles. The van der Waals surface area contributed by atoms with Crippen LogP contribution in [0.15, 0.2) is 36.5 Å². The van der Waals surface area contributed by atoms with E-state index < -0.39 is 0 Å². The second-order valence-corrected chi connectivity index (χ2v) is 8.71. The molecule has 4 aromatic rings. The van der Waals surface area contributed by atoms with Gasteiger partial charge in [0.15, 0.2) is 34.5 Å². The van der Waals surface area contributed by atoms with Crippen LogP contribution in [0.2, 0.25) is 0 Å². The molecule has 10 heteroatoms. The van der Waals surface area contributed by atoms with E-state index in [0.717, 1.165) is 29.8 Å². The normalized spacial score (nSPS) is 13.4. The molecule has 1 fully saturated rings. The number of nitrogens with zero attached hydrogens (tertiary/aromatic N) is 3. The molecule has 1 saturated carbocycles. The van der Waals surface area contributed by atoms with Crippen LogP contribution in [0.4, 0.5) is 11.5 Å². The number of aromatic nitrogens is 3. The number of ether oxygens (including phenoxy) is 5. The summed E-state index contributed by atoms with van der Waals surface area (Å²) in [5.74, 6) is 3.47. The first-order chi connectivity index (χ1) is 18.1. The molecule has 0 bridgehead atoms. The maximum atomic E-state index is 9.60. The Kier molecular flexibility index (Phi) is 6.68. The SMILES string of the molecule is COc1cc(Nc2c(-c3cc(OC)c(OC)c(OC)c3)[nH]c3c(C#N)cnn23)ccc1OC1CCCC1. The van der Waals surface area contributed by atoms with Gasteiger partial charge in [0, 0.05) is 17.3 Å². The fourth-order valence-corrected chi connectivity index (χ4v) is 4.72. The average molecular weight is 504 g/mol. The Labute approximate surface area is 214 Å². The molecule has 0 amide bonds. The van der Waals surface area contributed by atoms with E-state index in [0.29, 0.717) is 45.7 Å². The van der Waals surface area contributed by atoms with E-state index in [1.54, 1.807) is 33.0 Å². The summed E-state index contributed by atoms with van der Waals surface area (Å²) in [5, 5.41) is 17.5. The smallest absolute Gasteiger partial charge is 0.203 e. The summed E-state index contributed by atoms with van der Waals surface area (Å²) in [5.41, 5.74) is 3.17. The van der Waals surface area contributed by atoms with Gasteiger partial charge in [-0.15, -0.1) is 0 Å². The Hall–Kier alpha value is -4.52. The molecule has 2 N–H and O–H groups in total. The van der Waals surface area contributed by atoms with E-state index in [2.05, 4.69) is 21.5 Å². The van der Waals surface area contributed by atoms with Gasteiger partial charge in [-0.1, -0.05) is 0 Å². The maximum Gasteiger partial charge on any atom is 0.203 e. The van der Waals surface area contributed by atoms with Gasteiger partial charge in [0.2, 0.25) is 5.75 Å². The van der Waals surface area contributed by atoms with Gasteiger partial charge in [0.05, 0.1) is 46.4 Å². The van der Waals surface area contributed by atoms with Crippen LogP contribution >= 0.6 is 0 Å². The minimum atomic E-state index is 0.220. The molecule has 1 aliphatic carbocycles. The predicted octanol–water partition coefficient (Wildman–Crippen LogP) is 5.30. The number of H-pyrrole nitrogens is 1. The quantitative estimate of drug-likeness (QED) is 0.316. The molecule has 0 saturated heterocycles. The van der Waals surface area contributed by atoms with Gasteiger partial charge in [-0.05, 0) is 49.9 Å². The van der Waals surface area contributed by atoms with E-state index in [-0.39, 0.29) is 6.10 Å². The second kappa shape index (κ2) is 10.2. The number of nitrogens with one attached hydrogen (secondary N) is 2. The van der Waals surface area contributed by atoms with Gasteiger partial charge in [-0.3, -0.25) is 0 Å². The fraction of sp³-hybridized carbons (Fsp3) is 0.333. The summed E-state index contributed by atoms with van der Waals surface area (Å²) in [6, 6.07) is 11.6. The Morgan fingerprint density at radius 3 is 2.27 bits per heavy atom. The van der Waals surface area contributed by atoms with Crippen molar-refractivity contribution in [3.05, 3.63) is 42.1 Å². The monoisotopic (exact) mass is 503 g/mol. The molecule has 0 radical (unpaired) electrons. The predicted molar refractivity (Wildman–Crippen MR) is 139 cm³/mol. The Bertz CT molecular complexity index is 1440. The van der Waals surface area contributed by atoms with E-state index in [4.69, 9.17) is 23.7 Å². The number of imidazole rings is 1. The van der Waals surface area contributed by atoms with Crippen LogP contribution in [0, 0.1) is 11.3 Å². The first-order valence-electron chi connectivity index (χ1n) is 12.0.